The predicted octanol–water partition coefficient (Wildman–Crippen LogP) is 1.69. The molecule has 1 aliphatic rings. The van der Waals surface area contributed by atoms with Gasteiger partial charge in [-0.3, -0.25) is 20.5 Å². The summed E-state index contributed by atoms with van der Waals surface area (Å²) in [6.45, 7) is 0.696. The summed E-state index contributed by atoms with van der Waals surface area (Å²) >= 11 is 0. The molecule has 0 atom stereocenters. The van der Waals surface area contributed by atoms with Crippen molar-refractivity contribution in [1.29, 1.82) is 0 Å². The van der Waals surface area contributed by atoms with Crippen molar-refractivity contribution >= 4 is 5.69 Å². The van der Waals surface area contributed by atoms with Crippen LogP contribution in [0.2, 0.25) is 0 Å². The summed E-state index contributed by atoms with van der Waals surface area (Å²) in [5.41, 5.74) is 4.83. The summed E-state index contributed by atoms with van der Waals surface area (Å²) in [5.74, 6) is 0. The fraction of sp³-hybridized carbons (Fsp3) is 0.0909. The molecule has 1 aromatic rings. The van der Waals surface area contributed by atoms with Crippen molar-refractivity contribution in [3.8, 4) is 0 Å². The van der Waals surface area contributed by atoms with Crippen LogP contribution in [-0.2, 0) is 0 Å². The van der Waals surface area contributed by atoms with Gasteiger partial charge in [0.25, 0.3) is 0 Å². The minimum absolute atomic E-state index is 0.478. The van der Waals surface area contributed by atoms with Gasteiger partial charge in [0.2, 0.25) is 6.20 Å². The minimum atomic E-state index is -0.478. The first-order valence-corrected chi connectivity index (χ1v) is 4.87. The van der Waals surface area contributed by atoms with E-state index in [1.54, 1.807) is 0 Å². The van der Waals surface area contributed by atoms with Crippen LogP contribution in [0.1, 0.15) is 0 Å². The quantitative estimate of drug-likeness (QED) is 0.618. The van der Waals surface area contributed by atoms with E-state index < -0.39 is 4.92 Å². The second kappa shape index (κ2) is 4.48. The number of para-hydroxylation sites is 1. The highest BCUT2D eigenvalue weighted by Crippen LogP contribution is 2.15. The highest BCUT2D eigenvalue weighted by Gasteiger charge is 2.11. The molecule has 0 amide bonds. The molecule has 0 unspecified atom stereocenters. The van der Waals surface area contributed by atoms with Gasteiger partial charge in [-0.2, -0.15) is 0 Å². The van der Waals surface area contributed by atoms with E-state index in [2.05, 4.69) is 5.43 Å². The lowest BCUT2D eigenvalue weighted by molar-refractivity contribution is -0.402. The van der Waals surface area contributed by atoms with Crippen molar-refractivity contribution in [1.82, 2.24) is 5.43 Å². The third-order valence-corrected chi connectivity index (χ3v) is 2.20. The van der Waals surface area contributed by atoms with Crippen molar-refractivity contribution < 1.29 is 4.92 Å². The normalized spacial score (nSPS) is 15.0. The lowest BCUT2D eigenvalue weighted by Crippen LogP contribution is -2.31. The van der Waals surface area contributed by atoms with E-state index in [0.717, 1.165) is 17.6 Å². The van der Waals surface area contributed by atoms with Gasteiger partial charge in [-0.1, -0.05) is 18.2 Å². The second-order valence-electron chi connectivity index (χ2n) is 3.32. The molecule has 2 rings (SSSR count). The maximum atomic E-state index is 10.2. The summed E-state index contributed by atoms with van der Waals surface area (Å²) in [4.78, 5) is 9.68. The molecule has 1 aliphatic heterocycles. The molecule has 82 valence electrons. The smallest absolute Gasteiger partial charge is 0.236 e. The van der Waals surface area contributed by atoms with Crippen LogP contribution in [0.25, 0.3) is 0 Å². The summed E-state index contributed by atoms with van der Waals surface area (Å²) in [6.07, 6.45) is 4.27. The van der Waals surface area contributed by atoms with Crippen LogP contribution in [0.3, 0.4) is 0 Å². The Morgan fingerprint density at radius 1 is 1.38 bits per heavy atom. The predicted molar refractivity (Wildman–Crippen MR) is 61.1 cm³/mol. The Hall–Kier alpha value is -2.30. The number of hydrogen-bond acceptors (Lipinski definition) is 4. The number of benzene rings is 1. The fourth-order valence-electron chi connectivity index (χ4n) is 1.46. The first kappa shape index (κ1) is 10.2. The van der Waals surface area contributed by atoms with Crippen LogP contribution in [0, 0.1) is 10.1 Å². The van der Waals surface area contributed by atoms with Gasteiger partial charge in [-0.15, -0.1) is 0 Å². The number of allylic oxidation sites excluding steroid dienone is 1. The van der Waals surface area contributed by atoms with Crippen LogP contribution in [0.4, 0.5) is 5.69 Å². The molecule has 1 N–H and O–H groups in total. The molecule has 0 aromatic heterocycles. The maximum Gasteiger partial charge on any atom is 0.236 e. The van der Waals surface area contributed by atoms with Gasteiger partial charge in [0.1, 0.15) is 0 Å². The molecule has 5 nitrogen and oxygen atoms in total. The lowest BCUT2D eigenvalue weighted by atomic mass is 10.3. The van der Waals surface area contributed by atoms with Gasteiger partial charge in [0.05, 0.1) is 22.9 Å². The van der Waals surface area contributed by atoms with Crippen molar-refractivity contribution in [2.45, 2.75) is 0 Å². The third-order valence-electron chi connectivity index (χ3n) is 2.20. The molecule has 0 spiro atoms. The van der Waals surface area contributed by atoms with Gasteiger partial charge >= 0.3 is 0 Å². The molecular formula is C11H11N3O2. The van der Waals surface area contributed by atoms with Crippen LogP contribution in [0.15, 0.2) is 54.4 Å². The van der Waals surface area contributed by atoms with Gasteiger partial charge in [0.15, 0.2) is 0 Å². The van der Waals surface area contributed by atoms with E-state index in [0.29, 0.717) is 6.54 Å². The van der Waals surface area contributed by atoms with E-state index in [1.165, 1.54) is 6.08 Å². The van der Waals surface area contributed by atoms with Crippen molar-refractivity contribution in [2.24, 2.45) is 0 Å². The monoisotopic (exact) mass is 217 g/mol. The Labute approximate surface area is 92.8 Å². The van der Waals surface area contributed by atoms with Crippen molar-refractivity contribution in [3.05, 3.63) is 64.5 Å². The molecule has 0 radical (unpaired) electrons. The molecule has 0 bridgehead atoms. The zero-order valence-corrected chi connectivity index (χ0v) is 8.54. The number of nitrogens with zero attached hydrogens (tertiary/aromatic N) is 2. The third kappa shape index (κ3) is 2.38. The summed E-state index contributed by atoms with van der Waals surface area (Å²) in [5, 5.41) is 12.1. The van der Waals surface area contributed by atoms with E-state index >= 15 is 0 Å². The summed E-state index contributed by atoms with van der Waals surface area (Å²) in [6, 6.07) is 9.78. The fourth-order valence-corrected chi connectivity index (χ4v) is 1.46. The Morgan fingerprint density at radius 2 is 2.12 bits per heavy atom. The minimum Gasteiger partial charge on any atom is -0.298 e. The zero-order valence-electron chi connectivity index (χ0n) is 8.54. The molecule has 16 heavy (non-hydrogen) atoms. The largest absolute Gasteiger partial charge is 0.298 e. The number of hydrazine groups is 1. The maximum absolute atomic E-state index is 10.2. The van der Waals surface area contributed by atoms with E-state index in [4.69, 9.17) is 0 Å². The van der Waals surface area contributed by atoms with E-state index in [9.17, 15) is 10.1 Å². The molecule has 5 heteroatoms. The molecule has 0 aliphatic carbocycles. The standard InChI is InChI=1S/C11H11N3O2/c15-14(16)9-7-10-6-8-13(12-10)11-4-2-1-3-5-11/h1-7,9,12H,8H2. The molecule has 0 saturated heterocycles. The Morgan fingerprint density at radius 3 is 2.81 bits per heavy atom. The average molecular weight is 217 g/mol. The van der Waals surface area contributed by atoms with Gasteiger partial charge in [-0.05, 0) is 18.2 Å². The lowest BCUT2D eigenvalue weighted by Gasteiger charge is -2.19. The van der Waals surface area contributed by atoms with Gasteiger partial charge in [0, 0.05) is 6.08 Å². The first-order valence-electron chi connectivity index (χ1n) is 4.87. The van der Waals surface area contributed by atoms with E-state index in [-0.39, 0.29) is 0 Å². The summed E-state index contributed by atoms with van der Waals surface area (Å²) < 4.78 is 0. The topological polar surface area (TPSA) is 58.4 Å². The van der Waals surface area contributed by atoms with E-state index in [1.807, 2.05) is 41.4 Å². The number of rotatable bonds is 3. The highest BCUT2D eigenvalue weighted by atomic mass is 16.6. The number of nitrogens with one attached hydrogen (secondary N) is 1. The molecule has 0 saturated carbocycles. The Bertz CT molecular complexity index is 440. The second-order valence-corrected chi connectivity index (χ2v) is 3.32. The van der Waals surface area contributed by atoms with Crippen molar-refractivity contribution in [3.63, 3.8) is 0 Å². The summed E-state index contributed by atoms with van der Waals surface area (Å²) in [7, 11) is 0. The molecule has 1 heterocycles. The zero-order chi connectivity index (χ0) is 11.4. The first-order chi connectivity index (χ1) is 7.75. The van der Waals surface area contributed by atoms with Crippen molar-refractivity contribution in [2.75, 3.05) is 11.6 Å². The molecule has 1 aromatic carbocycles. The van der Waals surface area contributed by atoms with Crippen LogP contribution >= 0.6 is 0 Å². The Balaban J connectivity index is 1.99. The van der Waals surface area contributed by atoms with Gasteiger partial charge in [-0.25, -0.2) is 0 Å². The molecular weight excluding hydrogens is 206 g/mol. The number of hydrogen-bond donors (Lipinski definition) is 1. The highest BCUT2D eigenvalue weighted by molar-refractivity contribution is 5.48. The number of nitro groups is 1. The molecule has 0 fully saturated rings. The van der Waals surface area contributed by atoms with Crippen LogP contribution in [0.5, 0.6) is 0 Å². The van der Waals surface area contributed by atoms with Crippen LogP contribution in [-0.4, -0.2) is 11.5 Å². The van der Waals surface area contributed by atoms with Crippen LogP contribution < -0.4 is 10.4 Å². The Kier molecular flexibility index (Phi) is 2.86. The number of anilines is 1. The van der Waals surface area contributed by atoms with Gasteiger partial charge < -0.3 is 0 Å². The average Bonchev–Trinajstić information content (AvgIpc) is 2.76. The SMILES string of the molecule is O=[N+]([O-])C=CC1=CCN(c2ccccc2)N1.